The number of likely N-dealkylation sites (tertiary alicyclic amines) is 1. The van der Waals surface area contributed by atoms with Crippen molar-refractivity contribution in [1.82, 2.24) is 9.80 Å². The van der Waals surface area contributed by atoms with Crippen LogP contribution in [0.5, 0.6) is 11.5 Å². The van der Waals surface area contributed by atoms with Crippen LogP contribution < -0.4 is 4.74 Å². The average Bonchev–Trinajstić information content (AvgIpc) is 3.60. The number of thioether (sulfide) groups is 1. The number of hydrogen-bond acceptors (Lipinski definition) is 7. The molecule has 0 aromatic heterocycles. The average molecular weight is 559 g/mol. The second-order valence-electron chi connectivity index (χ2n) is 10.4. The van der Waals surface area contributed by atoms with Gasteiger partial charge in [-0.1, -0.05) is 30.6 Å². The number of benzene rings is 1. The number of rotatable bonds is 11. The van der Waals surface area contributed by atoms with Gasteiger partial charge >= 0.3 is 5.97 Å². The Labute approximate surface area is 236 Å². The molecule has 2 saturated heterocycles. The predicted molar refractivity (Wildman–Crippen MR) is 154 cm³/mol. The molecule has 3 atom stereocenters. The second-order valence-corrected chi connectivity index (χ2v) is 11.4. The Balaban J connectivity index is 1.63. The highest BCUT2D eigenvalue weighted by Gasteiger charge is 2.42. The maximum Gasteiger partial charge on any atom is 0.329 e. The Kier molecular flexibility index (Phi) is 11.3. The molecule has 2 heterocycles. The van der Waals surface area contributed by atoms with Crippen molar-refractivity contribution in [2.24, 2.45) is 0 Å². The third-order valence-corrected chi connectivity index (χ3v) is 8.28. The van der Waals surface area contributed by atoms with Crippen LogP contribution in [0.25, 0.3) is 6.08 Å². The summed E-state index contributed by atoms with van der Waals surface area (Å²) in [5.74, 6) is 0.384. The molecule has 0 bridgehead atoms. The fourth-order valence-electron chi connectivity index (χ4n) is 5.00. The molecule has 2 aliphatic heterocycles. The van der Waals surface area contributed by atoms with Crippen molar-refractivity contribution in [2.75, 3.05) is 25.3 Å². The van der Waals surface area contributed by atoms with Gasteiger partial charge in [0.25, 0.3) is 0 Å². The summed E-state index contributed by atoms with van der Waals surface area (Å²) in [5.41, 5.74) is 3.29. The lowest BCUT2D eigenvalue weighted by Crippen LogP contribution is -2.52. The summed E-state index contributed by atoms with van der Waals surface area (Å²) < 4.78 is 11.0. The zero-order chi connectivity index (χ0) is 28.5. The Hall–Kier alpha value is -2.94. The summed E-state index contributed by atoms with van der Waals surface area (Å²) in [6, 6.07) is 3.56. The van der Waals surface area contributed by atoms with Gasteiger partial charge in [-0.2, -0.15) is 0 Å². The number of hydrogen-bond donors (Lipinski definition) is 1. The van der Waals surface area contributed by atoms with Crippen molar-refractivity contribution in [2.45, 2.75) is 84.4 Å². The lowest BCUT2D eigenvalue weighted by molar-refractivity contribution is -0.158. The first kappa shape index (κ1) is 30.6. The summed E-state index contributed by atoms with van der Waals surface area (Å²) in [6.07, 6.45) is 8.03. The highest BCUT2D eigenvalue weighted by Crippen LogP contribution is 2.29. The van der Waals surface area contributed by atoms with Crippen molar-refractivity contribution >= 4 is 35.6 Å². The van der Waals surface area contributed by atoms with Gasteiger partial charge in [0.15, 0.2) is 11.5 Å². The van der Waals surface area contributed by atoms with Gasteiger partial charge in [-0.05, 0) is 70.2 Å². The van der Waals surface area contributed by atoms with Gasteiger partial charge in [-0.25, -0.2) is 4.79 Å². The molecule has 3 rings (SSSR count). The number of ether oxygens (including phenoxy) is 2. The van der Waals surface area contributed by atoms with Gasteiger partial charge in [-0.15, -0.1) is 11.8 Å². The Morgan fingerprint density at radius 3 is 2.67 bits per heavy atom. The van der Waals surface area contributed by atoms with Crippen LogP contribution in [0.3, 0.4) is 0 Å². The third kappa shape index (κ3) is 8.03. The van der Waals surface area contributed by atoms with Crippen molar-refractivity contribution in [1.29, 1.82) is 0 Å². The lowest BCUT2D eigenvalue weighted by atomic mass is 9.98. The molecule has 214 valence electrons. The van der Waals surface area contributed by atoms with Crippen LogP contribution in [0.4, 0.5) is 0 Å². The molecule has 0 spiro atoms. The van der Waals surface area contributed by atoms with E-state index in [-0.39, 0.29) is 29.6 Å². The smallest absolute Gasteiger partial charge is 0.329 e. The maximum atomic E-state index is 13.6. The molecule has 0 saturated carbocycles. The fourth-order valence-corrected chi connectivity index (χ4v) is 6.16. The first-order valence-corrected chi connectivity index (χ1v) is 14.9. The first-order valence-electron chi connectivity index (χ1n) is 13.8. The van der Waals surface area contributed by atoms with Gasteiger partial charge in [-0.3, -0.25) is 9.59 Å². The van der Waals surface area contributed by atoms with Crippen LogP contribution in [0, 0.1) is 0 Å². The van der Waals surface area contributed by atoms with E-state index in [1.807, 2.05) is 6.92 Å². The molecule has 1 N–H and O–H groups in total. The SMILES string of the molecule is CCCCC(CC(C)OC(=O)C1CCCN1C(=O)C1CSCN1C(=O)/C=C/c1ccc(O)c(OC)c1)=C(C)C. The summed E-state index contributed by atoms with van der Waals surface area (Å²) in [4.78, 5) is 42.9. The van der Waals surface area contributed by atoms with Crippen molar-refractivity contribution < 1.29 is 29.0 Å². The van der Waals surface area contributed by atoms with Crippen LogP contribution >= 0.6 is 11.8 Å². The van der Waals surface area contributed by atoms with Crippen LogP contribution in [-0.4, -0.2) is 76.2 Å². The van der Waals surface area contributed by atoms with E-state index in [1.54, 1.807) is 28.0 Å². The van der Waals surface area contributed by atoms with Gasteiger partial charge in [0, 0.05) is 24.8 Å². The van der Waals surface area contributed by atoms with E-state index in [2.05, 4.69) is 20.8 Å². The fraction of sp³-hybridized carbons (Fsp3) is 0.567. The number of carbonyl (C=O) groups is 3. The number of methoxy groups -OCH3 is 1. The number of aromatic hydroxyl groups is 1. The number of nitrogens with zero attached hydrogens (tertiary/aromatic N) is 2. The number of allylic oxidation sites excluding steroid dienone is 1. The number of phenols is 1. The number of phenolic OH excluding ortho intramolecular Hbond substituents is 1. The second kappa shape index (κ2) is 14.4. The molecule has 0 aliphatic carbocycles. The van der Waals surface area contributed by atoms with E-state index < -0.39 is 12.1 Å². The normalized spacial score (nSPS) is 19.8. The van der Waals surface area contributed by atoms with Crippen LogP contribution in [0.15, 0.2) is 35.4 Å². The van der Waals surface area contributed by atoms with Crippen molar-refractivity contribution in [3.8, 4) is 11.5 Å². The zero-order valence-electron chi connectivity index (χ0n) is 23.8. The monoisotopic (exact) mass is 558 g/mol. The number of amides is 2. The molecule has 2 aliphatic rings. The molecule has 3 unspecified atom stereocenters. The summed E-state index contributed by atoms with van der Waals surface area (Å²) in [5, 5.41) is 9.78. The minimum Gasteiger partial charge on any atom is -0.504 e. The van der Waals surface area contributed by atoms with E-state index in [1.165, 1.54) is 42.2 Å². The van der Waals surface area contributed by atoms with Crippen LogP contribution in [0.1, 0.15) is 71.8 Å². The number of unbranched alkanes of at least 4 members (excludes halogenated alkanes) is 1. The van der Waals surface area contributed by atoms with Crippen molar-refractivity contribution in [3.63, 3.8) is 0 Å². The minimum absolute atomic E-state index is 0.0181. The highest BCUT2D eigenvalue weighted by atomic mass is 32.2. The third-order valence-electron chi connectivity index (χ3n) is 7.27. The minimum atomic E-state index is -0.626. The molecule has 9 heteroatoms. The van der Waals surface area contributed by atoms with Gasteiger partial charge < -0.3 is 24.4 Å². The topological polar surface area (TPSA) is 96.4 Å². The molecule has 8 nitrogen and oxygen atoms in total. The lowest BCUT2D eigenvalue weighted by Gasteiger charge is -2.30. The van der Waals surface area contributed by atoms with Crippen molar-refractivity contribution in [3.05, 3.63) is 41.0 Å². The van der Waals surface area contributed by atoms with E-state index in [4.69, 9.17) is 9.47 Å². The first-order chi connectivity index (χ1) is 18.7. The van der Waals surface area contributed by atoms with E-state index >= 15 is 0 Å². The standard InChI is InChI=1S/C30H42N2O6S/c1-6-7-9-23(20(2)3)16-21(4)38-30(36)24-10-8-15-31(24)29(35)25-18-39-19-32(25)28(34)14-12-22-11-13-26(33)27(17-22)37-5/h11-14,17,21,24-25,33H,6-10,15-16,18-19H2,1-5H3/b14-12+. The Morgan fingerprint density at radius 1 is 1.21 bits per heavy atom. The summed E-state index contributed by atoms with van der Waals surface area (Å²) in [6.45, 7) is 8.76. The van der Waals surface area contributed by atoms with Gasteiger partial charge in [0.05, 0.1) is 13.0 Å². The van der Waals surface area contributed by atoms with E-state index in [0.717, 1.165) is 25.7 Å². The molecule has 2 fully saturated rings. The predicted octanol–water partition coefficient (Wildman–Crippen LogP) is 5.15. The highest BCUT2D eigenvalue weighted by molar-refractivity contribution is 7.99. The largest absolute Gasteiger partial charge is 0.504 e. The van der Waals surface area contributed by atoms with Gasteiger partial charge in [0.1, 0.15) is 18.2 Å². The Morgan fingerprint density at radius 2 is 1.97 bits per heavy atom. The molecule has 0 radical (unpaired) electrons. The molecule has 39 heavy (non-hydrogen) atoms. The van der Waals surface area contributed by atoms with E-state index in [0.29, 0.717) is 42.3 Å². The zero-order valence-corrected chi connectivity index (χ0v) is 24.6. The molecule has 1 aromatic rings. The summed E-state index contributed by atoms with van der Waals surface area (Å²) in [7, 11) is 1.46. The van der Waals surface area contributed by atoms with Gasteiger partial charge in [0.2, 0.25) is 11.8 Å². The number of carbonyl (C=O) groups excluding carboxylic acids is 3. The maximum absolute atomic E-state index is 13.6. The van der Waals surface area contributed by atoms with Crippen LogP contribution in [0.2, 0.25) is 0 Å². The molecular weight excluding hydrogens is 516 g/mol. The molecule has 1 aromatic carbocycles. The molecular formula is C30H42N2O6S. The Bertz CT molecular complexity index is 1100. The van der Waals surface area contributed by atoms with Crippen LogP contribution in [-0.2, 0) is 19.1 Å². The number of esters is 1. The summed E-state index contributed by atoms with van der Waals surface area (Å²) >= 11 is 1.52. The molecule has 2 amide bonds. The van der Waals surface area contributed by atoms with E-state index in [9.17, 15) is 19.5 Å². The quantitative estimate of drug-likeness (QED) is 0.228.